The Balaban J connectivity index is 1.46. The van der Waals surface area contributed by atoms with E-state index in [9.17, 15) is 14.7 Å². The Hall–Kier alpha value is -2.81. The third-order valence-electron chi connectivity index (χ3n) is 5.19. The van der Waals surface area contributed by atoms with Crippen LogP contribution in [0.4, 0.5) is 16.5 Å². The summed E-state index contributed by atoms with van der Waals surface area (Å²) in [6, 6.07) is 5.53. The minimum absolute atomic E-state index is 0.194. The number of nitrogens with one attached hydrogen (secondary N) is 1. The van der Waals surface area contributed by atoms with Crippen LogP contribution in [0, 0.1) is 5.41 Å². The lowest BCUT2D eigenvalue weighted by Gasteiger charge is -2.24. The van der Waals surface area contributed by atoms with Gasteiger partial charge in [-0.15, -0.1) is 0 Å². The lowest BCUT2D eigenvalue weighted by atomic mass is 9.90. The van der Waals surface area contributed by atoms with Crippen LogP contribution < -0.4 is 10.2 Å². The van der Waals surface area contributed by atoms with Gasteiger partial charge in [-0.3, -0.25) is 4.79 Å². The van der Waals surface area contributed by atoms with Crippen LogP contribution in [-0.4, -0.2) is 66.4 Å². The van der Waals surface area contributed by atoms with Gasteiger partial charge >= 0.3 is 12.0 Å². The maximum atomic E-state index is 12.5. The smallest absolute Gasteiger partial charge is 0.321 e. The number of carbonyl (C=O) groups is 2. The van der Waals surface area contributed by atoms with E-state index in [1.54, 1.807) is 25.1 Å². The van der Waals surface area contributed by atoms with E-state index in [2.05, 4.69) is 10.3 Å². The molecule has 0 spiro atoms. The van der Waals surface area contributed by atoms with Crippen LogP contribution in [0.2, 0.25) is 0 Å². The van der Waals surface area contributed by atoms with Crippen molar-refractivity contribution in [2.24, 2.45) is 5.41 Å². The van der Waals surface area contributed by atoms with Crippen LogP contribution in [0.1, 0.15) is 13.3 Å². The third-order valence-corrected chi connectivity index (χ3v) is 5.19. The number of carbonyl (C=O) groups excluding carboxylic acids is 1. The number of anilines is 2. The molecule has 4 rings (SSSR count). The molecule has 1 atom stereocenters. The fraction of sp³-hybridized carbons (Fsp3) is 0.500. The quantitative estimate of drug-likeness (QED) is 0.846. The summed E-state index contributed by atoms with van der Waals surface area (Å²) in [5, 5.41) is 12.1. The number of ether oxygens (including phenoxy) is 1. The van der Waals surface area contributed by atoms with Crippen molar-refractivity contribution in [3.8, 4) is 0 Å². The number of aromatic nitrogens is 1. The van der Waals surface area contributed by atoms with Crippen molar-refractivity contribution in [1.29, 1.82) is 0 Å². The fourth-order valence-electron chi connectivity index (χ4n) is 3.39. The molecule has 0 bridgehead atoms. The van der Waals surface area contributed by atoms with Gasteiger partial charge in [0, 0.05) is 37.9 Å². The standard InChI is InChI=1S/C18H22N4O5/c1-18(15(23)24)4-5-22(11-18)16(25)19-12-2-3-13-14(10-12)27-17(20-13)21-6-8-26-9-7-21/h2-3,10H,4-9,11H2,1H3,(H,19,25)(H,23,24). The van der Waals surface area contributed by atoms with Gasteiger partial charge in [-0.1, -0.05) is 0 Å². The SMILES string of the molecule is CC1(C(=O)O)CCN(C(=O)Nc2ccc3nc(N4CCOCC4)oc3c2)C1. The second-order valence-corrected chi connectivity index (χ2v) is 7.25. The molecule has 1 aromatic heterocycles. The minimum Gasteiger partial charge on any atom is -0.481 e. The van der Waals surface area contributed by atoms with Gasteiger partial charge < -0.3 is 29.4 Å². The normalized spacial score (nSPS) is 23.0. The van der Waals surface area contributed by atoms with Gasteiger partial charge in [-0.25, -0.2) is 4.79 Å². The predicted molar refractivity (Wildman–Crippen MR) is 98.0 cm³/mol. The lowest BCUT2D eigenvalue weighted by molar-refractivity contribution is -0.146. The molecular weight excluding hydrogens is 352 g/mol. The molecule has 0 radical (unpaired) electrons. The van der Waals surface area contributed by atoms with E-state index < -0.39 is 11.4 Å². The molecule has 1 unspecified atom stereocenters. The highest BCUT2D eigenvalue weighted by Crippen LogP contribution is 2.31. The van der Waals surface area contributed by atoms with E-state index in [0.29, 0.717) is 49.0 Å². The average molecular weight is 374 g/mol. The van der Waals surface area contributed by atoms with Crippen LogP contribution in [-0.2, 0) is 9.53 Å². The second-order valence-electron chi connectivity index (χ2n) is 7.25. The average Bonchev–Trinajstić information content (AvgIpc) is 3.27. The Morgan fingerprint density at radius 2 is 2.04 bits per heavy atom. The Bertz CT molecular complexity index is 876. The molecule has 2 aromatic rings. The summed E-state index contributed by atoms with van der Waals surface area (Å²) in [4.78, 5) is 31.8. The van der Waals surface area contributed by atoms with E-state index >= 15 is 0 Å². The number of likely N-dealkylation sites (tertiary alicyclic amines) is 1. The molecule has 2 fully saturated rings. The molecule has 2 amide bonds. The highest BCUT2D eigenvalue weighted by atomic mass is 16.5. The first-order valence-corrected chi connectivity index (χ1v) is 8.97. The fourth-order valence-corrected chi connectivity index (χ4v) is 3.39. The molecule has 27 heavy (non-hydrogen) atoms. The summed E-state index contributed by atoms with van der Waals surface area (Å²) in [6.07, 6.45) is 0.444. The largest absolute Gasteiger partial charge is 0.481 e. The van der Waals surface area contributed by atoms with Crippen molar-refractivity contribution in [3.05, 3.63) is 18.2 Å². The first kappa shape index (κ1) is 17.6. The Kier molecular flexibility index (Phi) is 4.39. The summed E-state index contributed by atoms with van der Waals surface area (Å²) in [5.41, 5.74) is 1.00. The zero-order valence-electron chi connectivity index (χ0n) is 15.1. The van der Waals surface area contributed by atoms with Crippen LogP contribution in [0.25, 0.3) is 11.1 Å². The molecule has 144 valence electrons. The van der Waals surface area contributed by atoms with E-state index in [4.69, 9.17) is 9.15 Å². The molecule has 2 saturated heterocycles. The van der Waals surface area contributed by atoms with Crippen LogP contribution in [0.3, 0.4) is 0 Å². The predicted octanol–water partition coefficient (Wildman–Crippen LogP) is 1.99. The van der Waals surface area contributed by atoms with Crippen molar-refractivity contribution < 1.29 is 23.8 Å². The van der Waals surface area contributed by atoms with E-state index in [-0.39, 0.29) is 12.6 Å². The Morgan fingerprint density at radius 1 is 1.26 bits per heavy atom. The van der Waals surface area contributed by atoms with Gasteiger partial charge in [0.25, 0.3) is 6.01 Å². The number of fused-ring (bicyclic) bond motifs is 1. The van der Waals surface area contributed by atoms with Crippen LogP contribution >= 0.6 is 0 Å². The molecule has 2 aliphatic heterocycles. The molecule has 9 nitrogen and oxygen atoms in total. The number of benzene rings is 1. The summed E-state index contributed by atoms with van der Waals surface area (Å²) < 4.78 is 11.2. The maximum Gasteiger partial charge on any atom is 0.321 e. The number of hydrogen-bond donors (Lipinski definition) is 2. The monoisotopic (exact) mass is 374 g/mol. The second kappa shape index (κ2) is 6.73. The summed E-state index contributed by atoms with van der Waals surface area (Å²) in [6.45, 7) is 5.02. The van der Waals surface area contributed by atoms with Gasteiger partial charge in [-0.2, -0.15) is 4.98 Å². The summed E-state index contributed by atoms with van der Waals surface area (Å²) in [7, 11) is 0. The number of hydrogen-bond acceptors (Lipinski definition) is 6. The third kappa shape index (κ3) is 3.42. The summed E-state index contributed by atoms with van der Waals surface area (Å²) in [5.74, 6) is -0.878. The first-order valence-electron chi connectivity index (χ1n) is 8.97. The van der Waals surface area contributed by atoms with E-state index in [0.717, 1.165) is 13.1 Å². The van der Waals surface area contributed by atoms with Gasteiger partial charge in [0.05, 0.1) is 18.6 Å². The number of urea groups is 1. The minimum atomic E-state index is -0.890. The molecule has 0 aliphatic carbocycles. The van der Waals surface area contributed by atoms with Gasteiger partial charge in [-0.05, 0) is 25.5 Å². The summed E-state index contributed by atoms with van der Waals surface area (Å²) >= 11 is 0. The number of aliphatic carboxylic acids is 1. The highest BCUT2D eigenvalue weighted by molar-refractivity contribution is 5.92. The van der Waals surface area contributed by atoms with Gasteiger partial charge in [0.2, 0.25) is 0 Å². The lowest BCUT2D eigenvalue weighted by Crippen LogP contribution is -2.37. The van der Waals surface area contributed by atoms with Crippen LogP contribution in [0.15, 0.2) is 22.6 Å². The zero-order chi connectivity index (χ0) is 19.0. The molecule has 9 heteroatoms. The molecule has 2 N–H and O–H groups in total. The number of carboxylic acids is 1. The number of amides is 2. The van der Waals surface area contributed by atoms with Crippen molar-refractivity contribution >= 4 is 34.8 Å². The highest BCUT2D eigenvalue weighted by Gasteiger charge is 2.42. The Labute approximate surface area is 155 Å². The topological polar surface area (TPSA) is 108 Å². The number of nitrogens with zero attached hydrogens (tertiary/aromatic N) is 3. The maximum absolute atomic E-state index is 12.5. The van der Waals surface area contributed by atoms with Gasteiger partial charge in [0.15, 0.2) is 5.58 Å². The van der Waals surface area contributed by atoms with Crippen LogP contribution in [0.5, 0.6) is 0 Å². The zero-order valence-corrected chi connectivity index (χ0v) is 15.1. The number of carboxylic acid groups (broad SMARTS) is 1. The van der Waals surface area contributed by atoms with Crippen molar-refractivity contribution in [2.75, 3.05) is 49.6 Å². The molecule has 2 aliphatic rings. The molecular formula is C18H22N4O5. The van der Waals surface area contributed by atoms with Crippen molar-refractivity contribution in [2.45, 2.75) is 13.3 Å². The molecule has 3 heterocycles. The molecule has 0 saturated carbocycles. The van der Waals surface area contributed by atoms with Crippen molar-refractivity contribution in [1.82, 2.24) is 9.88 Å². The first-order chi connectivity index (χ1) is 12.9. The van der Waals surface area contributed by atoms with Crippen molar-refractivity contribution in [3.63, 3.8) is 0 Å². The number of oxazole rings is 1. The number of morpholine rings is 1. The Morgan fingerprint density at radius 3 is 2.74 bits per heavy atom. The molecule has 1 aromatic carbocycles. The van der Waals surface area contributed by atoms with E-state index in [1.807, 2.05) is 4.90 Å². The van der Waals surface area contributed by atoms with Gasteiger partial charge in [0.1, 0.15) is 5.52 Å². The number of rotatable bonds is 3. The van der Waals surface area contributed by atoms with E-state index in [1.165, 1.54) is 4.90 Å².